The van der Waals surface area contributed by atoms with E-state index in [4.69, 9.17) is 9.15 Å². The average Bonchev–Trinajstić information content (AvgIpc) is 3.44. The number of para-hydroxylation sites is 1. The summed E-state index contributed by atoms with van der Waals surface area (Å²) >= 11 is 1.53. The summed E-state index contributed by atoms with van der Waals surface area (Å²) in [5, 5.41) is 8.52. The number of thiazole rings is 1. The molecule has 0 fully saturated rings. The Kier molecular flexibility index (Phi) is 5.23. The fourth-order valence-corrected chi connectivity index (χ4v) is 3.88. The number of aromatic nitrogens is 3. The third-order valence-electron chi connectivity index (χ3n) is 4.37. The Morgan fingerprint density at radius 1 is 1.32 bits per heavy atom. The van der Waals surface area contributed by atoms with E-state index in [0.29, 0.717) is 29.5 Å². The molecule has 28 heavy (non-hydrogen) atoms. The first-order chi connectivity index (χ1) is 13.7. The van der Waals surface area contributed by atoms with Crippen LogP contribution in [0.4, 0.5) is 0 Å². The van der Waals surface area contributed by atoms with Crippen LogP contribution in [0.15, 0.2) is 53.3 Å². The lowest BCUT2D eigenvalue weighted by Crippen LogP contribution is -2.21. The molecule has 0 amide bonds. The number of carbonyl (C=O) groups is 1. The summed E-state index contributed by atoms with van der Waals surface area (Å²) in [5.74, 6) is 0.432. The summed E-state index contributed by atoms with van der Waals surface area (Å²) < 4.78 is 13.4. The second-order valence-corrected chi connectivity index (χ2v) is 7.23. The number of hydrogen-bond acceptors (Lipinski definition) is 7. The highest BCUT2D eigenvalue weighted by atomic mass is 32.1. The molecule has 3 heterocycles. The molecule has 1 aromatic carbocycles. The maximum atomic E-state index is 12.4. The van der Waals surface area contributed by atoms with Gasteiger partial charge in [0.2, 0.25) is 5.13 Å². The number of ether oxygens (including phenoxy) is 1. The van der Waals surface area contributed by atoms with Crippen molar-refractivity contribution in [2.75, 3.05) is 6.61 Å². The van der Waals surface area contributed by atoms with Gasteiger partial charge in [-0.2, -0.15) is 5.10 Å². The van der Waals surface area contributed by atoms with Crippen LogP contribution in [-0.4, -0.2) is 27.3 Å². The Morgan fingerprint density at radius 2 is 2.18 bits per heavy atom. The van der Waals surface area contributed by atoms with E-state index >= 15 is 0 Å². The van der Waals surface area contributed by atoms with E-state index in [2.05, 4.69) is 15.4 Å². The topological polar surface area (TPSA) is 82.2 Å². The SMILES string of the molecule is CCOC(=O)c1cnn(-c2nc3ccccc3s2)c1CN[C@H](C)c1ccco1. The summed E-state index contributed by atoms with van der Waals surface area (Å²) in [5.41, 5.74) is 2.04. The van der Waals surface area contributed by atoms with Crippen molar-refractivity contribution in [2.45, 2.75) is 26.4 Å². The maximum absolute atomic E-state index is 12.4. The predicted octanol–water partition coefficient (Wildman–Crippen LogP) is 4.10. The number of carbonyl (C=O) groups excluding carboxylic acids is 1. The summed E-state index contributed by atoms with van der Waals surface area (Å²) in [6.45, 7) is 4.50. The largest absolute Gasteiger partial charge is 0.468 e. The molecule has 3 aromatic heterocycles. The van der Waals surface area contributed by atoms with E-state index in [1.54, 1.807) is 24.1 Å². The molecule has 0 aliphatic heterocycles. The zero-order valence-corrected chi connectivity index (χ0v) is 16.4. The predicted molar refractivity (Wildman–Crippen MR) is 107 cm³/mol. The minimum absolute atomic E-state index is 0.0243. The maximum Gasteiger partial charge on any atom is 0.341 e. The van der Waals surface area contributed by atoms with Gasteiger partial charge < -0.3 is 14.5 Å². The van der Waals surface area contributed by atoms with Crippen molar-refractivity contribution >= 4 is 27.5 Å². The number of hydrogen-bond donors (Lipinski definition) is 1. The molecule has 0 spiro atoms. The number of fused-ring (bicyclic) bond motifs is 1. The molecule has 7 nitrogen and oxygen atoms in total. The highest BCUT2D eigenvalue weighted by Crippen LogP contribution is 2.26. The van der Waals surface area contributed by atoms with Crippen LogP contribution < -0.4 is 5.32 Å². The monoisotopic (exact) mass is 396 g/mol. The second kappa shape index (κ2) is 7.95. The van der Waals surface area contributed by atoms with E-state index in [0.717, 1.165) is 16.0 Å². The lowest BCUT2D eigenvalue weighted by atomic mass is 10.2. The van der Waals surface area contributed by atoms with Crippen molar-refractivity contribution in [2.24, 2.45) is 0 Å². The number of benzene rings is 1. The van der Waals surface area contributed by atoms with Gasteiger partial charge in [-0.3, -0.25) is 0 Å². The van der Waals surface area contributed by atoms with Gasteiger partial charge in [-0.15, -0.1) is 0 Å². The van der Waals surface area contributed by atoms with Crippen molar-refractivity contribution in [1.29, 1.82) is 0 Å². The van der Waals surface area contributed by atoms with E-state index in [1.165, 1.54) is 11.3 Å². The molecule has 0 aliphatic rings. The molecular weight excluding hydrogens is 376 g/mol. The van der Waals surface area contributed by atoms with E-state index in [-0.39, 0.29) is 6.04 Å². The molecule has 4 rings (SSSR count). The fraction of sp³-hybridized carbons (Fsp3) is 0.250. The first-order valence-corrected chi connectivity index (χ1v) is 9.85. The van der Waals surface area contributed by atoms with Crippen molar-refractivity contribution in [3.05, 3.63) is 65.9 Å². The normalized spacial score (nSPS) is 12.4. The molecule has 8 heteroatoms. The van der Waals surface area contributed by atoms with Crippen molar-refractivity contribution in [3.8, 4) is 5.13 Å². The molecule has 1 atom stereocenters. The standard InChI is InChI=1S/C20H20N4O3S/c1-3-26-19(25)14-11-22-24(20-23-15-7-4-5-9-18(15)28-20)16(14)12-21-13(2)17-8-6-10-27-17/h4-11,13,21H,3,12H2,1-2H3/t13-/m1/s1. The highest BCUT2D eigenvalue weighted by molar-refractivity contribution is 7.20. The van der Waals surface area contributed by atoms with Gasteiger partial charge >= 0.3 is 5.97 Å². The Balaban J connectivity index is 1.68. The zero-order chi connectivity index (χ0) is 19.5. The lowest BCUT2D eigenvalue weighted by molar-refractivity contribution is 0.0524. The molecule has 0 bridgehead atoms. The highest BCUT2D eigenvalue weighted by Gasteiger charge is 2.22. The first-order valence-electron chi connectivity index (χ1n) is 9.04. The van der Waals surface area contributed by atoms with E-state index in [9.17, 15) is 4.79 Å². The Hall–Kier alpha value is -2.97. The summed E-state index contributed by atoms with van der Waals surface area (Å²) in [4.78, 5) is 17.1. The van der Waals surface area contributed by atoms with Crippen LogP contribution in [0, 0.1) is 0 Å². The Morgan fingerprint density at radius 3 is 2.93 bits per heavy atom. The molecule has 144 valence electrons. The minimum Gasteiger partial charge on any atom is -0.468 e. The molecular formula is C20H20N4O3S. The van der Waals surface area contributed by atoms with Gasteiger partial charge in [0, 0.05) is 6.54 Å². The Bertz CT molecular complexity index is 1050. The van der Waals surface area contributed by atoms with Gasteiger partial charge in [-0.05, 0) is 38.1 Å². The van der Waals surface area contributed by atoms with Crippen LogP contribution in [0.1, 0.15) is 41.7 Å². The van der Waals surface area contributed by atoms with Crippen LogP contribution in [0.2, 0.25) is 0 Å². The number of furan rings is 1. The molecule has 4 aromatic rings. The Labute approximate surface area is 166 Å². The van der Waals surface area contributed by atoms with Crippen molar-refractivity contribution in [1.82, 2.24) is 20.1 Å². The smallest absolute Gasteiger partial charge is 0.341 e. The van der Waals surface area contributed by atoms with Crippen molar-refractivity contribution < 1.29 is 13.9 Å². The molecule has 0 unspecified atom stereocenters. The van der Waals surface area contributed by atoms with Gasteiger partial charge in [0.15, 0.2) is 0 Å². The number of nitrogens with one attached hydrogen (secondary N) is 1. The molecule has 0 aliphatic carbocycles. The van der Waals surface area contributed by atoms with Crippen LogP contribution in [0.3, 0.4) is 0 Å². The van der Waals surface area contributed by atoms with Crippen LogP contribution in [0.5, 0.6) is 0 Å². The molecule has 1 N–H and O–H groups in total. The number of esters is 1. The summed E-state index contributed by atoms with van der Waals surface area (Å²) in [6.07, 6.45) is 3.18. The third kappa shape index (κ3) is 3.56. The third-order valence-corrected chi connectivity index (χ3v) is 5.39. The summed E-state index contributed by atoms with van der Waals surface area (Å²) in [6, 6.07) is 11.6. The average molecular weight is 396 g/mol. The zero-order valence-electron chi connectivity index (χ0n) is 15.6. The minimum atomic E-state index is -0.391. The van der Waals surface area contributed by atoms with Crippen molar-refractivity contribution in [3.63, 3.8) is 0 Å². The lowest BCUT2D eigenvalue weighted by Gasteiger charge is -2.13. The molecule has 0 saturated carbocycles. The second-order valence-electron chi connectivity index (χ2n) is 6.22. The van der Waals surface area contributed by atoms with E-state index < -0.39 is 5.97 Å². The number of rotatable bonds is 7. The van der Waals surface area contributed by atoms with Gasteiger partial charge in [-0.25, -0.2) is 14.5 Å². The summed E-state index contributed by atoms with van der Waals surface area (Å²) in [7, 11) is 0. The van der Waals surface area contributed by atoms with Crippen LogP contribution >= 0.6 is 11.3 Å². The quantitative estimate of drug-likeness (QED) is 0.474. The van der Waals surface area contributed by atoms with Crippen LogP contribution in [0.25, 0.3) is 15.3 Å². The van der Waals surface area contributed by atoms with Gasteiger partial charge in [0.1, 0.15) is 11.3 Å². The van der Waals surface area contributed by atoms with Gasteiger partial charge in [0.25, 0.3) is 0 Å². The van der Waals surface area contributed by atoms with Crippen LogP contribution in [-0.2, 0) is 11.3 Å². The fourth-order valence-electron chi connectivity index (χ4n) is 2.93. The molecule has 0 radical (unpaired) electrons. The van der Waals surface area contributed by atoms with Gasteiger partial charge in [0.05, 0.1) is 41.0 Å². The van der Waals surface area contributed by atoms with E-state index in [1.807, 2.05) is 43.3 Å². The first kappa shape index (κ1) is 18.4. The molecule has 0 saturated heterocycles. The van der Waals surface area contributed by atoms with Gasteiger partial charge in [-0.1, -0.05) is 23.5 Å². The number of nitrogens with zero attached hydrogens (tertiary/aromatic N) is 3.